The first-order chi connectivity index (χ1) is 12.7. The van der Waals surface area contributed by atoms with E-state index in [0.29, 0.717) is 29.7 Å². The van der Waals surface area contributed by atoms with Crippen LogP contribution in [0.2, 0.25) is 0 Å². The molecule has 3 aromatic rings. The van der Waals surface area contributed by atoms with Crippen LogP contribution in [0.25, 0.3) is 0 Å². The first-order valence-electron chi connectivity index (χ1n) is 8.11. The number of nitrogens with one attached hydrogen (secondary N) is 2. The maximum Gasteiger partial charge on any atom is 0.231 e. The SMILES string of the molecule is Cc1ccnc(Nc2ncnc(NCc3ccc4c(c3)OCO4)c2N)c1. The summed E-state index contributed by atoms with van der Waals surface area (Å²) in [6.45, 7) is 2.79. The van der Waals surface area contributed by atoms with E-state index in [0.717, 1.165) is 22.6 Å². The molecule has 8 heteroatoms. The molecule has 2 aromatic heterocycles. The third-order valence-electron chi connectivity index (χ3n) is 3.94. The predicted molar refractivity (Wildman–Crippen MR) is 98.6 cm³/mol. The Labute approximate surface area is 150 Å². The second kappa shape index (κ2) is 6.75. The molecule has 4 rings (SSSR count). The van der Waals surface area contributed by atoms with Crippen LogP contribution in [0.4, 0.5) is 23.1 Å². The minimum Gasteiger partial charge on any atom is -0.454 e. The minimum absolute atomic E-state index is 0.257. The van der Waals surface area contributed by atoms with Crippen molar-refractivity contribution in [3.63, 3.8) is 0 Å². The second-order valence-corrected chi connectivity index (χ2v) is 5.87. The Morgan fingerprint density at radius 3 is 2.77 bits per heavy atom. The molecule has 0 aliphatic carbocycles. The van der Waals surface area contributed by atoms with Gasteiger partial charge in [0.25, 0.3) is 0 Å². The van der Waals surface area contributed by atoms with Gasteiger partial charge >= 0.3 is 0 Å². The van der Waals surface area contributed by atoms with Gasteiger partial charge in [-0.05, 0) is 42.3 Å². The predicted octanol–water partition coefficient (Wildman–Crippen LogP) is 2.85. The highest BCUT2D eigenvalue weighted by atomic mass is 16.7. The van der Waals surface area contributed by atoms with Crippen molar-refractivity contribution in [2.75, 3.05) is 23.2 Å². The Bertz CT molecular complexity index is 947. The lowest BCUT2D eigenvalue weighted by atomic mass is 10.2. The number of anilines is 4. The molecule has 0 saturated heterocycles. The number of pyridine rings is 1. The first kappa shape index (κ1) is 15.9. The van der Waals surface area contributed by atoms with E-state index in [4.69, 9.17) is 15.2 Å². The van der Waals surface area contributed by atoms with Gasteiger partial charge in [0.15, 0.2) is 23.1 Å². The van der Waals surface area contributed by atoms with E-state index in [1.165, 1.54) is 6.33 Å². The molecule has 4 N–H and O–H groups in total. The zero-order chi connectivity index (χ0) is 17.9. The summed E-state index contributed by atoms with van der Waals surface area (Å²) in [7, 11) is 0. The number of ether oxygens (including phenoxy) is 2. The molecule has 26 heavy (non-hydrogen) atoms. The lowest BCUT2D eigenvalue weighted by Crippen LogP contribution is -2.08. The molecule has 0 amide bonds. The van der Waals surface area contributed by atoms with Gasteiger partial charge in [-0.1, -0.05) is 6.07 Å². The van der Waals surface area contributed by atoms with Gasteiger partial charge in [0, 0.05) is 12.7 Å². The van der Waals surface area contributed by atoms with E-state index in [1.54, 1.807) is 6.20 Å². The molecule has 0 atom stereocenters. The van der Waals surface area contributed by atoms with Gasteiger partial charge in [-0.15, -0.1) is 0 Å². The van der Waals surface area contributed by atoms with Crippen LogP contribution < -0.4 is 25.8 Å². The summed E-state index contributed by atoms with van der Waals surface area (Å²) in [6, 6.07) is 9.63. The largest absolute Gasteiger partial charge is 0.454 e. The van der Waals surface area contributed by atoms with E-state index in [2.05, 4.69) is 25.6 Å². The fraction of sp³-hybridized carbons (Fsp3) is 0.167. The summed E-state index contributed by atoms with van der Waals surface area (Å²) in [6.07, 6.45) is 3.18. The van der Waals surface area contributed by atoms with Crippen molar-refractivity contribution >= 4 is 23.1 Å². The molecule has 0 radical (unpaired) electrons. The smallest absolute Gasteiger partial charge is 0.231 e. The molecule has 1 aliphatic rings. The van der Waals surface area contributed by atoms with Gasteiger partial charge in [0.1, 0.15) is 17.8 Å². The Kier molecular flexibility index (Phi) is 4.14. The van der Waals surface area contributed by atoms with E-state index in [1.807, 2.05) is 37.3 Å². The molecule has 8 nitrogen and oxygen atoms in total. The summed E-state index contributed by atoms with van der Waals surface area (Å²) in [5.41, 5.74) is 8.75. The highest BCUT2D eigenvalue weighted by Gasteiger charge is 2.14. The number of nitrogens with two attached hydrogens (primary N) is 1. The quantitative estimate of drug-likeness (QED) is 0.645. The number of rotatable bonds is 5. The summed E-state index contributed by atoms with van der Waals surface area (Å²) in [5, 5.41) is 6.35. The van der Waals surface area contributed by atoms with Crippen LogP contribution in [0.15, 0.2) is 42.9 Å². The van der Waals surface area contributed by atoms with Gasteiger partial charge in [-0.3, -0.25) is 0 Å². The lowest BCUT2D eigenvalue weighted by Gasteiger charge is -2.12. The highest BCUT2D eigenvalue weighted by molar-refractivity contribution is 5.76. The van der Waals surface area contributed by atoms with Crippen LogP contribution in [0, 0.1) is 6.92 Å². The Hall–Kier alpha value is -3.55. The molecule has 132 valence electrons. The molecule has 0 bridgehead atoms. The number of nitrogen functional groups attached to an aromatic ring is 1. The van der Waals surface area contributed by atoms with Gasteiger partial charge in [-0.25, -0.2) is 15.0 Å². The van der Waals surface area contributed by atoms with E-state index >= 15 is 0 Å². The maximum atomic E-state index is 6.20. The van der Waals surface area contributed by atoms with Gasteiger partial charge in [0.05, 0.1) is 0 Å². The van der Waals surface area contributed by atoms with Crippen molar-refractivity contribution < 1.29 is 9.47 Å². The molecule has 0 saturated carbocycles. The number of hydrogen-bond donors (Lipinski definition) is 3. The number of aromatic nitrogens is 3. The summed E-state index contributed by atoms with van der Waals surface area (Å²) in [4.78, 5) is 12.7. The van der Waals surface area contributed by atoms with Crippen molar-refractivity contribution in [1.29, 1.82) is 0 Å². The lowest BCUT2D eigenvalue weighted by molar-refractivity contribution is 0.174. The van der Waals surface area contributed by atoms with Crippen LogP contribution in [0.5, 0.6) is 11.5 Å². The summed E-state index contributed by atoms with van der Waals surface area (Å²) in [5.74, 6) is 3.23. The van der Waals surface area contributed by atoms with Crippen molar-refractivity contribution in [2.24, 2.45) is 0 Å². The van der Waals surface area contributed by atoms with Gasteiger partial charge in [0.2, 0.25) is 6.79 Å². The Morgan fingerprint density at radius 1 is 1.04 bits per heavy atom. The van der Waals surface area contributed by atoms with Crippen LogP contribution >= 0.6 is 0 Å². The fourth-order valence-corrected chi connectivity index (χ4v) is 2.60. The van der Waals surface area contributed by atoms with Crippen molar-refractivity contribution in [2.45, 2.75) is 13.5 Å². The average molecular weight is 350 g/mol. The molecule has 1 aliphatic heterocycles. The molecule has 1 aromatic carbocycles. The first-order valence-corrected chi connectivity index (χ1v) is 8.11. The normalized spacial score (nSPS) is 12.0. The molecule has 3 heterocycles. The number of fused-ring (bicyclic) bond motifs is 1. The number of hydrogen-bond acceptors (Lipinski definition) is 8. The van der Waals surface area contributed by atoms with Crippen molar-refractivity contribution in [3.8, 4) is 11.5 Å². The highest BCUT2D eigenvalue weighted by Crippen LogP contribution is 2.33. The number of aryl methyl sites for hydroxylation is 1. The zero-order valence-corrected chi connectivity index (χ0v) is 14.2. The third-order valence-corrected chi connectivity index (χ3v) is 3.94. The second-order valence-electron chi connectivity index (χ2n) is 5.87. The van der Waals surface area contributed by atoms with Crippen molar-refractivity contribution in [3.05, 3.63) is 54.0 Å². The van der Waals surface area contributed by atoms with Gasteiger partial charge in [-0.2, -0.15) is 0 Å². The van der Waals surface area contributed by atoms with Crippen LogP contribution in [-0.4, -0.2) is 21.7 Å². The van der Waals surface area contributed by atoms with Gasteiger partial charge < -0.3 is 25.8 Å². The standard InChI is InChI=1S/C18H18N6O2/c1-11-4-5-20-15(6-11)24-18-16(19)17(22-9-23-18)21-8-12-2-3-13-14(7-12)26-10-25-13/h2-7,9H,8,10,19H2,1H3,(H2,20,21,22,23,24). The molecule has 0 spiro atoms. The molecular weight excluding hydrogens is 332 g/mol. The molecular formula is C18H18N6O2. The van der Waals surface area contributed by atoms with E-state index in [9.17, 15) is 0 Å². The molecule has 0 unspecified atom stereocenters. The number of nitrogens with zero attached hydrogens (tertiary/aromatic N) is 3. The Balaban J connectivity index is 1.49. The maximum absolute atomic E-state index is 6.20. The topological polar surface area (TPSA) is 107 Å². The average Bonchev–Trinajstić information content (AvgIpc) is 3.10. The summed E-state index contributed by atoms with van der Waals surface area (Å²) < 4.78 is 10.7. The summed E-state index contributed by atoms with van der Waals surface area (Å²) >= 11 is 0. The zero-order valence-electron chi connectivity index (χ0n) is 14.2. The van der Waals surface area contributed by atoms with Crippen LogP contribution in [0.1, 0.15) is 11.1 Å². The monoisotopic (exact) mass is 350 g/mol. The van der Waals surface area contributed by atoms with Crippen molar-refractivity contribution in [1.82, 2.24) is 15.0 Å². The van der Waals surface area contributed by atoms with E-state index in [-0.39, 0.29) is 6.79 Å². The fourth-order valence-electron chi connectivity index (χ4n) is 2.60. The molecule has 0 fully saturated rings. The van der Waals surface area contributed by atoms with Crippen LogP contribution in [-0.2, 0) is 6.54 Å². The number of benzene rings is 1. The van der Waals surface area contributed by atoms with Crippen LogP contribution in [0.3, 0.4) is 0 Å². The Morgan fingerprint density at radius 2 is 1.88 bits per heavy atom. The van der Waals surface area contributed by atoms with E-state index < -0.39 is 0 Å². The third kappa shape index (κ3) is 3.30. The minimum atomic E-state index is 0.257.